The second-order valence-corrected chi connectivity index (χ2v) is 21.8. The van der Waals surface area contributed by atoms with Crippen LogP contribution in [0.4, 0.5) is 11.4 Å². The molecule has 70 heavy (non-hydrogen) atoms. The molecule has 5 aliphatic rings. The third-order valence-corrected chi connectivity index (χ3v) is 16.1. The summed E-state index contributed by atoms with van der Waals surface area (Å²) in [6, 6.07) is 17.6. The molecule has 18 atom stereocenters. The monoisotopic (exact) mass is 971 g/mol. The van der Waals surface area contributed by atoms with Crippen molar-refractivity contribution in [3.8, 4) is 0 Å². The van der Waals surface area contributed by atoms with E-state index in [1.54, 1.807) is 20.8 Å². The molecular formula is C55H78N4O11. The molecule has 4 saturated heterocycles. The second kappa shape index (κ2) is 20.9. The van der Waals surface area contributed by atoms with Crippen LogP contribution in [0, 0.1) is 23.7 Å². The summed E-state index contributed by atoms with van der Waals surface area (Å²) >= 11 is 0. The molecule has 4 fully saturated rings. The van der Waals surface area contributed by atoms with Gasteiger partial charge in [0.15, 0.2) is 12.6 Å². The van der Waals surface area contributed by atoms with Crippen molar-refractivity contribution in [2.24, 2.45) is 28.7 Å². The first-order chi connectivity index (χ1) is 33.1. The highest BCUT2D eigenvalue weighted by atomic mass is 16.7. The van der Waals surface area contributed by atoms with E-state index < -0.39 is 83.8 Å². The Morgan fingerprint density at radius 2 is 1.67 bits per heavy atom. The Bertz CT molecular complexity index is 2360. The van der Waals surface area contributed by atoms with Gasteiger partial charge in [0.2, 0.25) is 0 Å². The van der Waals surface area contributed by atoms with Gasteiger partial charge < -0.3 is 58.3 Å². The van der Waals surface area contributed by atoms with Gasteiger partial charge in [-0.2, -0.15) is 0 Å². The largest absolute Gasteiger partial charge is 0.459 e. The van der Waals surface area contributed by atoms with Crippen LogP contribution in [0.25, 0.3) is 17.0 Å². The van der Waals surface area contributed by atoms with Crippen LogP contribution in [-0.4, -0.2) is 149 Å². The maximum absolute atomic E-state index is 15.1. The van der Waals surface area contributed by atoms with Crippen molar-refractivity contribution in [1.29, 1.82) is 0 Å². The SMILES string of the molecule is CC[C@@H]1OC(=O)[C@H](C)[C@@H](O[C@H]2C[C@@](C)(O)[C@@H](O)[C@H](C)O2)[C@H](C)[C@@H](O[C@@H]2O[C@H](C)C[C@H](N(C)C)[C@H]2O)[C@@](C)(OC/C=C\c2cnc3ccccc3c2)C[C@@H](C)C2=Nc3ccccc3N3CO[C@@]1(C)[C@H]3[C@@H]2C. The number of pyridine rings is 1. The Balaban J connectivity index is 1.28. The number of nitrogens with zero attached hydrogens (tertiary/aromatic N) is 4. The number of aliphatic hydroxyl groups excluding tert-OH is 2. The van der Waals surface area contributed by atoms with Gasteiger partial charge >= 0.3 is 5.97 Å². The van der Waals surface area contributed by atoms with Crippen molar-refractivity contribution in [2.75, 3.05) is 32.3 Å². The number of hydrogen-bond donors (Lipinski definition) is 3. The zero-order valence-electron chi connectivity index (χ0n) is 43.2. The van der Waals surface area contributed by atoms with Gasteiger partial charge in [-0.15, -0.1) is 0 Å². The van der Waals surface area contributed by atoms with Crippen LogP contribution >= 0.6 is 0 Å². The van der Waals surface area contributed by atoms with E-state index in [9.17, 15) is 15.3 Å². The maximum atomic E-state index is 15.1. The standard InChI is InChI=1S/C55H78N4O11/c1-13-43-55(10)48-33(4)45(57-40-22-16-17-23-41(40)59(48)30-65-55)31(2)27-54(9,64-24-18-19-37-26-38-20-14-15-21-39(38)56-29-37)50(70-52-46(60)42(58(11)12)25-32(3)66-52)34(5)47(35(6)51(62)68-43)69-44-28-53(8,63)49(61)36(7)67-44/h14-23,26,29,31-36,42-44,46-50,52,60-61,63H,13,24-25,27-28,30H2,1-12H3/b19-18-/t31-,32-,33-,34+,35-,36+,42+,43+,44+,46-,47+,48-,49+,50-,52+,53-,54+,55-/m1/s1. The summed E-state index contributed by atoms with van der Waals surface area (Å²) in [7, 11) is 3.87. The predicted molar refractivity (Wildman–Crippen MR) is 269 cm³/mol. The molecule has 15 nitrogen and oxygen atoms in total. The highest BCUT2D eigenvalue weighted by molar-refractivity contribution is 5.95. The van der Waals surface area contributed by atoms with E-state index in [2.05, 4.69) is 42.8 Å². The number of fused-ring (bicyclic) bond motifs is 4. The van der Waals surface area contributed by atoms with Crippen LogP contribution in [0.3, 0.4) is 0 Å². The fraction of sp³-hybridized carbons (Fsp3) is 0.655. The molecule has 0 saturated carbocycles. The lowest BCUT2D eigenvalue weighted by Gasteiger charge is -2.50. The van der Waals surface area contributed by atoms with Crippen molar-refractivity contribution in [3.05, 3.63) is 72.4 Å². The lowest BCUT2D eigenvalue weighted by atomic mass is 9.72. The number of anilines is 1. The minimum atomic E-state index is -1.55. The third-order valence-electron chi connectivity index (χ3n) is 16.1. The van der Waals surface area contributed by atoms with Crippen LogP contribution < -0.4 is 4.90 Å². The van der Waals surface area contributed by atoms with Gasteiger partial charge in [0.05, 0.1) is 71.1 Å². The lowest BCUT2D eigenvalue weighted by Crippen LogP contribution is -2.61. The Morgan fingerprint density at radius 1 is 0.943 bits per heavy atom. The lowest BCUT2D eigenvalue weighted by molar-refractivity contribution is -0.318. The number of carbonyl (C=O) groups is 1. The zero-order chi connectivity index (χ0) is 50.4. The molecule has 2 bridgehead atoms. The highest BCUT2D eigenvalue weighted by Gasteiger charge is 2.58. The number of hydrogen-bond acceptors (Lipinski definition) is 15. The van der Waals surface area contributed by atoms with Crippen molar-refractivity contribution < 1.29 is 53.3 Å². The van der Waals surface area contributed by atoms with Gasteiger partial charge in [-0.25, -0.2) is 0 Å². The Labute approximate surface area is 414 Å². The van der Waals surface area contributed by atoms with Crippen LogP contribution in [0.2, 0.25) is 0 Å². The summed E-state index contributed by atoms with van der Waals surface area (Å²) in [5.41, 5.74) is 0.818. The van der Waals surface area contributed by atoms with E-state index in [0.717, 1.165) is 33.6 Å². The van der Waals surface area contributed by atoms with E-state index >= 15 is 4.79 Å². The minimum absolute atomic E-state index is 0.0694. The van der Waals surface area contributed by atoms with Gasteiger partial charge in [-0.05, 0) is 111 Å². The summed E-state index contributed by atoms with van der Waals surface area (Å²) in [6.07, 6.45) is -0.790. The quantitative estimate of drug-likeness (QED) is 0.171. The maximum Gasteiger partial charge on any atom is 0.311 e. The van der Waals surface area contributed by atoms with Gasteiger partial charge in [0, 0.05) is 41.6 Å². The average molecular weight is 971 g/mol. The molecule has 384 valence electrons. The van der Waals surface area contributed by atoms with E-state index in [1.807, 2.05) is 108 Å². The zero-order valence-corrected chi connectivity index (χ0v) is 43.2. The number of aliphatic imine (C=N–C) groups is 1. The summed E-state index contributed by atoms with van der Waals surface area (Å²) in [5.74, 6) is -2.55. The number of aliphatic hydroxyl groups is 3. The van der Waals surface area contributed by atoms with Crippen LogP contribution in [0.1, 0.15) is 100 Å². The number of carbonyl (C=O) groups excluding carboxylic acids is 1. The molecular weight excluding hydrogens is 893 g/mol. The fourth-order valence-corrected chi connectivity index (χ4v) is 12.3. The van der Waals surface area contributed by atoms with Crippen molar-refractivity contribution in [3.63, 3.8) is 0 Å². The molecule has 0 aliphatic carbocycles. The van der Waals surface area contributed by atoms with E-state index in [0.29, 0.717) is 19.3 Å². The first kappa shape index (κ1) is 52.5. The number of benzene rings is 2. The minimum Gasteiger partial charge on any atom is -0.459 e. The number of cyclic esters (lactones) is 1. The predicted octanol–water partition coefficient (Wildman–Crippen LogP) is 7.44. The number of likely N-dealkylation sites (N-methyl/N-ethyl adjacent to an activating group) is 1. The number of esters is 1. The van der Waals surface area contributed by atoms with Crippen LogP contribution in [-0.2, 0) is 38.0 Å². The number of rotatable bonds is 10. The highest BCUT2D eigenvalue weighted by Crippen LogP contribution is 2.49. The van der Waals surface area contributed by atoms with Crippen molar-refractivity contribution in [2.45, 2.75) is 179 Å². The Kier molecular flexibility index (Phi) is 15.7. The Morgan fingerprint density at radius 3 is 2.40 bits per heavy atom. The first-order valence-corrected chi connectivity index (χ1v) is 25.5. The molecule has 0 spiro atoms. The molecule has 0 unspecified atom stereocenters. The Hall–Kier alpha value is -3.87. The van der Waals surface area contributed by atoms with Crippen molar-refractivity contribution in [1.82, 2.24) is 9.88 Å². The summed E-state index contributed by atoms with van der Waals surface area (Å²) in [6.45, 7) is 19.9. The topological polar surface area (TPSA) is 174 Å². The summed E-state index contributed by atoms with van der Waals surface area (Å²) in [5, 5.41) is 35.6. The molecule has 5 aliphatic heterocycles. The van der Waals surface area contributed by atoms with E-state index in [4.69, 9.17) is 38.2 Å². The fourth-order valence-electron chi connectivity index (χ4n) is 12.3. The summed E-state index contributed by atoms with van der Waals surface area (Å²) in [4.78, 5) is 29.5. The smallest absolute Gasteiger partial charge is 0.311 e. The van der Waals surface area contributed by atoms with Gasteiger partial charge in [0.25, 0.3) is 0 Å². The summed E-state index contributed by atoms with van der Waals surface area (Å²) < 4.78 is 47.9. The molecule has 0 radical (unpaired) electrons. The number of ether oxygens (including phenoxy) is 7. The number of aromatic nitrogens is 1. The molecule has 0 amide bonds. The normalized spacial score (nSPS) is 40.7. The molecule has 15 heteroatoms. The van der Waals surface area contributed by atoms with Crippen LogP contribution in [0.15, 0.2) is 71.9 Å². The van der Waals surface area contributed by atoms with E-state index in [1.165, 1.54) is 0 Å². The van der Waals surface area contributed by atoms with Crippen LogP contribution in [0.5, 0.6) is 0 Å². The van der Waals surface area contributed by atoms with E-state index in [-0.39, 0.29) is 49.8 Å². The average Bonchev–Trinajstić information content (AvgIpc) is 3.61. The molecule has 6 heterocycles. The van der Waals surface area contributed by atoms with Gasteiger partial charge in [-0.1, -0.05) is 70.2 Å². The molecule has 3 N–H and O–H groups in total. The number of para-hydroxylation sites is 3. The van der Waals surface area contributed by atoms with Crippen molar-refractivity contribution >= 4 is 40.0 Å². The van der Waals surface area contributed by atoms with Gasteiger partial charge in [-0.3, -0.25) is 14.8 Å². The second-order valence-electron chi connectivity index (χ2n) is 21.8. The molecule has 1 aromatic heterocycles. The first-order valence-electron chi connectivity index (χ1n) is 25.5. The molecule has 3 aromatic rings. The third kappa shape index (κ3) is 10.4. The molecule has 8 rings (SSSR count). The molecule has 2 aromatic carbocycles. The van der Waals surface area contributed by atoms with Gasteiger partial charge in [0.1, 0.15) is 30.6 Å².